The Morgan fingerprint density at radius 2 is 2.03 bits per heavy atom. The van der Waals surface area contributed by atoms with E-state index in [2.05, 4.69) is 18.3 Å². The van der Waals surface area contributed by atoms with Gasteiger partial charge in [-0.05, 0) is 61.8 Å². The third-order valence-electron chi connectivity index (χ3n) is 6.32. The van der Waals surface area contributed by atoms with E-state index in [-0.39, 0.29) is 23.6 Å². The third-order valence-corrected chi connectivity index (χ3v) is 8.25. The molecule has 2 aromatic rings. The van der Waals surface area contributed by atoms with Crippen LogP contribution in [0, 0.1) is 6.92 Å². The molecular formula is C27H31NO4S2. The number of dihydropyridines is 1. The molecule has 0 fully saturated rings. The number of nitrogens with one attached hydrogen (secondary N) is 1. The van der Waals surface area contributed by atoms with Crippen LogP contribution in [-0.4, -0.2) is 37.0 Å². The number of thiophene rings is 1. The molecule has 1 aliphatic carbocycles. The second-order valence-electron chi connectivity index (χ2n) is 8.58. The lowest BCUT2D eigenvalue weighted by Gasteiger charge is -2.36. The molecule has 4 rings (SSSR count). The van der Waals surface area contributed by atoms with Crippen molar-refractivity contribution in [1.82, 2.24) is 5.32 Å². The molecule has 180 valence electrons. The fraction of sp³-hybridized carbons (Fsp3) is 0.407. The van der Waals surface area contributed by atoms with E-state index in [0.717, 1.165) is 44.0 Å². The van der Waals surface area contributed by atoms with E-state index < -0.39 is 0 Å². The summed E-state index contributed by atoms with van der Waals surface area (Å²) in [5, 5.41) is 3.42. The van der Waals surface area contributed by atoms with E-state index in [0.29, 0.717) is 30.6 Å². The SMILES string of the molecule is CCSCCOC(=O)C1=C(C)NC2=C(C(=O)C[C@@H](c3cccc(OC)c3)C2)[C@@H]1c1ccc(C)s1. The van der Waals surface area contributed by atoms with Crippen LogP contribution in [-0.2, 0) is 14.3 Å². The molecule has 34 heavy (non-hydrogen) atoms. The molecule has 0 radical (unpaired) electrons. The zero-order valence-corrected chi connectivity index (χ0v) is 21.7. The van der Waals surface area contributed by atoms with Gasteiger partial charge in [0.2, 0.25) is 0 Å². The fourth-order valence-electron chi connectivity index (χ4n) is 4.75. The van der Waals surface area contributed by atoms with Crippen molar-refractivity contribution in [3.63, 3.8) is 0 Å². The minimum atomic E-state index is -0.389. The number of carbonyl (C=O) groups is 2. The van der Waals surface area contributed by atoms with Gasteiger partial charge in [0.15, 0.2) is 5.78 Å². The van der Waals surface area contributed by atoms with E-state index in [4.69, 9.17) is 9.47 Å². The van der Waals surface area contributed by atoms with E-state index >= 15 is 0 Å². The van der Waals surface area contributed by atoms with Gasteiger partial charge in [0.05, 0.1) is 18.6 Å². The van der Waals surface area contributed by atoms with Gasteiger partial charge >= 0.3 is 5.97 Å². The molecule has 1 aliphatic heterocycles. The highest BCUT2D eigenvalue weighted by atomic mass is 32.2. The Morgan fingerprint density at radius 1 is 1.21 bits per heavy atom. The summed E-state index contributed by atoms with van der Waals surface area (Å²) in [5.74, 6) is 1.95. The molecule has 0 amide bonds. The van der Waals surface area contributed by atoms with Gasteiger partial charge in [0.25, 0.3) is 0 Å². The first-order valence-electron chi connectivity index (χ1n) is 11.6. The minimum absolute atomic E-state index is 0.0620. The third kappa shape index (κ3) is 5.10. The number of benzene rings is 1. The molecule has 0 saturated heterocycles. The van der Waals surface area contributed by atoms with E-state index in [1.165, 1.54) is 0 Å². The lowest BCUT2D eigenvalue weighted by molar-refractivity contribution is -0.138. The molecule has 5 nitrogen and oxygen atoms in total. The molecule has 2 heterocycles. The highest BCUT2D eigenvalue weighted by Crippen LogP contribution is 2.47. The maximum atomic E-state index is 13.6. The first-order valence-corrected chi connectivity index (χ1v) is 13.6. The Bertz CT molecular complexity index is 1150. The number of ketones is 1. The summed E-state index contributed by atoms with van der Waals surface area (Å²) in [6.07, 6.45) is 1.12. The topological polar surface area (TPSA) is 64.6 Å². The number of esters is 1. The zero-order valence-electron chi connectivity index (χ0n) is 20.1. The molecule has 2 atom stereocenters. The Hall–Kier alpha value is -2.51. The molecule has 0 bridgehead atoms. The number of hydrogen-bond donors (Lipinski definition) is 1. The Balaban J connectivity index is 1.68. The van der Waals surface area contributed by atoms with Gasteiger partial charge in [-0.25, -0.2) is 4.79 Å². The number of carbonyl (C=O) groups excluding carboxylic acids is 2. The first kappa shape index (κ1) is 24.6. The number of Topliss-reactive ketones (excluding diaryl/α,β-unsaturated/α-hetero) is 1. The van der Waals surface area contributed by atoms with Crippen molar-refractivity contribution in [1.29, 1.82) is 0 Å². The summed E-state index contributed by atoms with van der Waals surface area (Å²) >= 11 is 3.37. The van der Waals surface area contributed by atoms with Crippen LogP contribution >= 0.6 is 23.1 Å². The maximum Gasteiger partial charge on any atom is 0.336 e. The van der Waals surface area contributed by atoms with Crippen LogP contribution in [0.15, 0.2) is 58.9 Å². The average molecular weight is 498 g/mol. The van der Waals surface area contributed by atoms with Crippen molar-refractivity contribution in [2.45, 2.75) is 45.4 Å². The molecule has 0 unspecified atom stereocenters. The average Bonchev–Trinajstić information content (AvgIpc) is 3.26. The van der Waals surface area contributed by atoms with Crippen LogP contribution in [0.2, 0.25) is 0 Å². The van der Waals surface area contributed by atoms with Gasteiger partial charge in [-0.3, -0.25) is 4.79 Å². The van der Waals surface area contributed by atoms with Crippen LogP contribution < -0.4 is 10.1 Å². The van der Waals surface area contributed by atoms with Gasteiger partial charge < -0.3 is 14.8 Å². The molecule has 0 saturated carbocycles. The van der Waals surface area contributed by atoms with Gasteiger partial charge in [-0.15, -0.1) is 11.3 Å². The molecular weight excluding hydrogens is 466 g/mol. The monoisotopic (exact) mass is 497 g/mol. The maximum absolute atomic E-state index is 13.6. The van der Waals surface area contributed by atoms with Crippen LogP contribution in [0.5, 0.6) is 5.75 Å². The van der Waals surface area contributed by atoms with Gasteiger partial charge in [0.1, 0.15) is 12.4 Å². The first-order chi connectivity index (χ1) is 16.4. The van der Waals surface area contributed by atoms with Crippen molar-refractivity contribution >= 4 is 34.9 Å². The standard InChI is InChI=1S/C27H31NO4S2/c1-5-33-12-11-32-27(30)24-17(3)28-21-14-19(18-7-6-8-20(13-18)31-4)15-22(29)25(21)26(24)23-10-9-16(2)34-23/h6-10,13,19,26,28H,5,11-12,14-15H2,1-4H3/t19-,26+/m0/s1. The number of hydrogen-bond acceptors (Lipinski definition) is 7. The zero-order chi connectivity index (χ0) is 24.2. The highest BCUT2D eigenvalue weighted by molar-refractivity contribution is 7.99. The van der Waals surface area contributed by atoms with E-state index in [9.17, 15) is 9.59 Å². The lowest BCUT2D eigenvalue weighted by Crippen LogP contribution is -2.36. The summed E-state index contributed by atoms with van der Waals surface area (Å²) < 4.78 is 11.0. The minimum Gasteiger partial charge on any atom is -0.497 e. The molecule has 7 heteroatoms. The lowest BCUT2D eigenvalue weighted by atomic mass is 9.73. The summed E-state index contributed by atoms with van der Waals surface area (Å²) in [6, 6.07) is 12.0. The van der Waals surface area contributed by atoms with Gasteiger partial charge in [0, 0.05) is 38.9 Å². The molecule has 1 aromatic heterocycles. The summed E-state index contributed by atoms with van der Waals surface area (Å²) in [7, 11) is 1.65. The van der Waals surface area contributed by atoms with Gasteiger partial charge in [-0.2, -0.15) is 11.8 Å². The number of allylic oxidation sites excluding steroid dienone is 3. The predicted octanol–water partition coefficient (Wildman–Crippen LogP) is 5.72. The second kappa shape index (κ2) is 10.8. The fourth-order valence-corrected chi connectivity index (χ4v) is 6.24. The predicted molar refractivity (Wildman–Crippen MR) is 139 cm³/mol. The second-order valence-corrected chi connectivity index (χ2v) is 11.3. The van der Waals surface area contributed by atoms with Crippen molar-refractivity contribution in [3.05, 3.63) is 74.3 Å². The Kier molecular flexibility index (Phi) is 7.84. The number of rotatable bonds is 8. The summed E-state index contributed by atoms with van der Waals surface area (Å²) in [6.45, 7) is 6.40. The number of aryl methyl sites for hydroxylation is 1. The Morgan fingerprint density at radius 3 is 2.74 bits per heavy atom. The largest absolute Gasteiger partial charge is 0.497 e. The van der Waals surface area contributed by atoms with Crippen LogP contribution in [0.4, 0.5) is 0 Å². The molecule has 0 spiro atoms. The summed E-state index contributed by atoms with van der Waals surface area (Å²) in [5.41, 5.74) is 4.03. The van der Waals surface area contributed by atoms with E-state index in [1.54, 1.807) is 30.2 Å². The molecule has 1 aromatic carbocycles. The summed E-state index contributed by atoms with van der Waals surface area (Å²) in [4.78, 5) is 29.0. The smallest absolute Gasteiger partial charge is 0.336 e. The normalized spacial score (nSPS) is 20.2. The van der Waals surface area contributed by atoms with E-state index in [1.807, 2.05) is 44.2 Å². The highest BCUT2D eigenvalue weighted by Gasteiger charge is 2.42. The number of ether oxygens (including phenoxy) is 2. The molecule has 2 aliphatic rings. The Labute approximate surface area is 209 Å². The van der Waals surface area contributed by atoms with Crippen LogP contribution in [0.25, 0.3) is 0 Å². The van der Waals surface area contributed by atoms with Crippen molar-refractivity contribution in [2.24, 2.45) is 0 Å². The van der Waals surface area contributed by atoms with Crippen molar-refractivity contribution in [3.8, 4) is 5.75 Å². The van der Waals surface area contributed by atoms with Crippen molar-refractivity contribution < 1.29 is 19.1 Å². The quantitative estimate of drug-likeness (QED) is 0.372. The molecule has 1 N–H and O–H groups in total. The van der Waals surface area contributed by atoms with Gasteiger partial charge in [-0.1, -0.05) is 19.1 Å². The van der Waals surface area contributed by atoms with Crippen molar-refractivity contribution in [2.75, 3.05) is 25.2 Å². The van der Waals surface area contributed by atoms with Crippen LogP contribution in [0.3, 0.4) is 0 Å². The van der Waals surface area contributed by atoms with Crippen LogP contribution in [0.1, 0.15) is 53.8 Å². The number of thioether (sulfide) groups is 1. The number of methoxy groups -OCH3 is 1.